The molecule has 7 heteroatoms. The van der Waals surface area contributed by atoms with Crippen molar-refractivity contribution in [2.75, 3.05) is 30.4 Å². The number of hydrogen-bond donors (Lipinski definition) is 3. The molecular weight excluding hydrogens is 361 g/mol. The monoisotopic (exact) mass is 385 g/mol. The standard InChI is InChI=1S/C21H24FN3O3/c1-2-23-20(27)25-18-5-3-4-17(14-18)24-19(26)21(10-12-28-13-11-21)15-6-8-16(22)9-7-15/h3-9,14H,2,10-13H2,1H3,(H,24,26)(H2,23,25,27). The smallest absolute Gasteiger partial charge is 0.319 e. The van der Waals surface area contributed by atoms with E-state index in [0.29, 0.717) is 44.0 Å². The van der Waals surface area contributed by atoms with Crippen LogP contribution in [0.15, 0.2) is 48.5 Å². The number of benzene rings is 2. The van der Waals surface area contributed by atoms with E-state index in [1.165, 1.54) is 12.1 Å². The summed E-state index contributed by atoms with van der Waals surface area (Å²) in [5, 5.41) is 8.33. The van der Waals surface area contributed by atoms with E-state index in [1.807, 2.05) is 6.92 Å². The normalized spacial score (nSPS) is 15.5. The molecule has 0 atom stereocenters. The fourth-order valence-corrected chi connectivity index (χ4v) is 3.40. The molecule has 2 aromatic rings. The number of halogens is 1. The lowest BCUT2D eigenvalue weighted by molar-refractivity contribution is -0.125. The molecule has 3 rings (SSSR count). The third-order valence-corrected chi connectivity index (χ3v) is 4.89. The van der Waals surface area contributed by atoms with Crippen LogP contribution in [0.5, 0.6) is 0 Å². The van der Waals surface area contributed by atoms with Crippen LogP contribution in [0, 0.1) is 5.82 Å². The first-order valence-corrected chi connectivity index (χ1v) is 9.34. The number of carbonyl (C=O) groups is 2. The molecule has 28 heavy (non-hydrogen) atoms. The maximum Gasteiger partial charge on any atom is 0.319 e. The van der Waals surface area contributed by atoms with E-state index in [0.717, 1.165) is 5.56 Å². The van der Waals surface area contributed by atoms with Gasteiger partial charge < -0.3 is 20.7 Å². The maximum absolute atomic E-state index is 13.4. The maximum atomic E-state index is 13.4. The molecule has 148 valence electrons. The highest BCUT2D eigenvalue weighted by Gasteiger charge is 2.41. The van der Waals surface area contributed by atoms with Crippen molar-refractivity contribution >= 4 is 23.3 Å². The molecule has 2 aromatic carbocycles. The van der Waals surface area contributed by atoms with Gasteiger partial charge in [-0.05, 0) is 55.7 Å². The SMILES string of the molecule is CCNC(=O)Nc1cccc(NC(=O)C2(c3ccc(F)cc3)CCOCC2)c1. The Morgan fingerprint density at radius 1 is 1.04 bits per heavy atom. The van der Waals surface area contributed by atoms with Crippen molar-refractivity contribution in [2.24, 2.45) is 0 Å². The Labute approximate surface area is 163 Å². The Hall–Kier alpha value is -2.93. The van der Waals surface area contributed by atoms with Crippen molar-refractivity contribution < 1.29 is 18.7 Å². The minimum Gasteiger partial charge on any atom is -0.381 e. The van der Waals surface area contributed by atoms with E-state index in [-0.39, 0.29) is 17.8 Å². The van der Waals surface area contributed by atoms with E-state index in [9.17, 15) is 14.0 Å². The lowest BCUT2D eigenvalue weighted by atomic mass is 9.73. The number of ether oxygens (including phenoxy) is 1. The summed E-state index contributed by atoms with van der Waals surface area (Å²) in [7, 11) is 0. The van der Waals surface area contributed by atoms with Gasteiger partial charge >= 0.3 is 6.03 Å². The molecule has 0 bridgehead atoms. The predicted molar refractivity (Wildman–Crippen MR) is 106 cm³/mol. The van der Waals surface area contributed by atoms with Crippen LogP contribution < -0.4 is 16.0 Å². The Morgan fingerprint density at radius 2 is 1.68 bits per heavy atom. The number of carbonyl (C=O) groups excluding carboxylic acids is 2. The van der Waals surface area contributed by atoms with E-state index in [2.05, 4.69) is 16.0 Å². The van der Waals surface area contributed by atoms with Crippen LogP contribution in [0.25, 0.3) is 0 Å². The third kappa shape index (κ3) is 4.48. The van der Waals surface area contributed by atoms with Crippen molar-refractivity contribution in [1.82, 2.24) is 5.32 Å². The van der Waals surface area contributed by atoms with E-state index < -0.39 is 5.41 Å². The second-order valence-electron chi connectivity index (χ2n) is 6.72. The fourth-order valence-electron chi connectivity index (χ4n) is 3.40. The molecule has 0 aromatic heterocycles. The summed E-state index contributed by atoms with van der Waals surface area (Å²) in [5.41, 5.74) is 1.14. The molecule has 1 aliphatic heterocycles. The number of hydrogen-bond acceptors (Lipinski definition) is 3. The van der Waals surface area contributed by atoms with Crippen LogP contribution in [0.1, 0.15) is 25.3 Å². The number of anilines is 2. The van der Waals surface area contributed by atoms with Gasteiger partial charge in [-0.2, -0.15) is 0 Å². The van der Waals surface area contributed by atoms with Crippen LogP contribution in [-0.2, 0) is 14.9 Å². The van der Waals surface area contributed by atoms with Crippen molar-refractivity contribution in [3.05, 3.63) is 59.9 Å². The molecule has 0 aliphatic carbocycles. The molecule has 0 unspecified atom stereocenters. The van der Waals surface area contributed by atoms with Gasteiger partial charge in [0.25, 0.3) is 0 Å². The molecule has 3 amide bonds. The van der Waals surface area contributed by atoms with Gasteiger partial charge in [0.1, 0.15) is 5.82 Å². The quantitative estimate of drug-likeness (QED) is 0.735. The van der Waals surface area contributed by atoms with Crippen molar-refractivity contribution in [3.8, 4) is 0 Å². The highest BCUT2D eigenvalue weighted by atomic mass is 19.1. The van der Waals surface area contributed by atoms with Gasteiger partial charge in [-0.15, -0.1) is 0 Å². The molecular formula is C21H24FN3O3. The lowest BCUT2D eigenvalue weighted by Gasteiger charge is -2.36. The van der Waals surface area contributed by atoms with Gasteiger partial charge in [-0.25, -0.2) is 9.18 Å². The van der Waals surface area contributed by atoms with Crippen molar-refractivity contribution in [1.29, 1.82) is 0 Å². The molecule has 6 nitrogen and oxygen atoms in total. The largest absolute Gasteiger partial charge is 0.381 e. The molecule has 1 aliphatic rings. The Bertz CT molecular complexity index is 833. The number of urea groups is 1. The van der Waals surface area contributed by atoms with Crippen molar-refractivity contribution in [2.45, 2.75) is 25.2 Å². The minimum atomic E-state index is -0.783. The third-order valence-electron chi connectivity index (χ3n) is 4.89. The van der Waals surface area contributed by atoms with Crippen LogP contribution in [0.3, 0.4) is 0 Å². The summed E-state index contributed by atoms with van der Waals surface area (Å²) in [4.78, 5) is 25.0. The van der Waals surface area contributed by atoms with Crippen LogP contribution in [0.2, 0.25) is 0 Å². The molecule has 1 heterocycles. The average molecular weight is 385 g/mol. The summed E-state index contributed by atoms with van der Waals surface area (Å²) in [6, 6.07) is 12.7. The van der Waals surface area contributed by atoms with Gasteiger partial charge in [-0.3, -0.25) is 4.79 Å². The second-order valence-corrected chi connectivity index (χ2v) is 6.72. The van der Waals surface area contributed by atoms with Gasteiger partial charge in [0, 0.05) is 31.1 Å². The number of amides is 3. The van der Waals surface area contributed by atoms with Gasteiger partial charge in [0.15, 0.2) is 0 Å². The molecule has 0 saturated carbocycles. The summed E-state index contributed by atoms with van der Waals surface area (Å²) in [6.45, 7) is 3.27. The Balaban J connectivity index is 1.81. The van der Waals surface area contributed by atoms with Crippen LogP contribution in [0.4, 0.5) is 20.6 Å². The summed E-state index contributed by atoms with van der Waals surface area (Å²) < 4.78 is 18.8. The van der Waals surface area contributed by atoms with Gasteiger partial charge in [0.2, 0.25) is 5.91 Å². The van der Waals surface area contributed by atoms with Gasteiger partial charge in [-0.1, -0.05) is 18.2 Å². The Morgan fingerprint density at radius 3 is 2.32 bits per heavy atom. The number of rotatable bonds is 5. The molecule has 0 spiro atoms. The molecule has 0 radical (unpaired) electrons. The number of nitrogens with one attached hydrogen (secondary N) is 3. The first kappa shape index (κ1) is 19.8. The predicted octanol–water partition coefficient (Wildman–Crippen LogP) is 3.65. The zero-order valence-electron chi connectivity index (χ0n) is 15.8. The van der Waals surface area contributed by atoms with Crippen molar-refractivity contribution in [3.63, 3.8) is 0 Å². The summed E-state index contributed by atoms with van der Waals surface area (Å²) in [5.74, 6) is -0.506. The minimum absolute atomic E-state index is 0.169. The zero-order valence-corrected chi connectivity index (χ0v) is 15.8. The molecule has 3 N–H and O–H groups in total. The Kier molecular flexibility index (Phi) is 6.26. The second kappa shape index (κ2) is 8.84. The zero-order chi connectivity index (χ0) is 20.0. The fraction of sp³-hybridized carbons (Fsp3) is 0.333. The topological polar surface area (TPSA) is 79.5 Å². The summed E-state index contributed by atoms with van der Waals surface area (Å²) in [6.07, 6.45) is 1.03. The average Bonchev–Trinajstić information content (AvgIpc) is 2.69. The van der Waals surface area contributed by atoms with E-state index >= 15 is 0 Å². The van der Waals surface area contributed by atoms with Crippen LogP contribution in [-0.4, -0.2) is 31.7 Å². The highest BCUT2D eigenvalue weighted by Crippen LogP contribution is 2.36. The lowest BCUT2D eigenvalue weighted by Crippen LogP contribution is -2.44. The molecule has 1 saturated heterocycles. The van der Waals surface area contributed by atoms with Gasteiger partial charge in [0.05, 0.1) is 5.41 Å². The first-order chi connectivity index (χ1) is 13.5. The summed E-state index contributed by atoms with van der Waals surface area (Å²) >= 11 is 0. The van der Waals surface area contributed by atoms with E-state index in [1.54, 1.807) is 36.4 Å². The molecule has 1 fully saturated rings. The van der Waals surface area contributed by atoms with Crippen LogP contribution >= 0.6 is 0 Å². The van der Waals surface area contributed by atoms with E-state index in [4.69, 9.17) is 4.74 Å². The highest BCUT2D eigenvalue weighted by molar-refractivity contribution is 6.00. The first-order valence-electron chi connectivity index (χ1n) is 9.34.